The van der Waals surface area contributed by atoms with Crippen molar-refractivity contribution in [3.8, 4) is 5.88 Å². The van der Waals surface area contributed by atoms with E-state index >= 15 is 0 Å². The first-order valence-electron chi connectivity index (χ1n) is 20.0. The normalized spacial score (nSPS) is 29.1. The molecule has 4 amide bonds. The lowest BCUT2D eigenvalue weighted by Crippen LogP contribution is -2.59. The molecule has 5 unspecified atom stereocenters. The molecule has 7 rings (SSSR count). The highest BCUT2D eigenvalue weighted by Crippen LogP contribution is 2.45. The Balaban J connectivity index is 1.20. The van der Waals surface area contributed by atoms with Gasteiger partial charge in [-0.15, -0.1) is 6.58 Å². The number of alkyl carbamates (subject to hydrolysis) is 1. The van der Waals surface area contributed by atoms with E-state index in [-0.39, 0.29) is 31.9 Å². The van der Waals surface area contributed by atoms with Crippen LogP contribution in [0.5, 0.6) is 5.88 Å². The third kappa shape index (κ3) is 9.00. The molecule has 4 fully saturated rings. The summed E-state index contributed by atoms with van der Waals surface area (Å²) in [6.45, 7) is 4.07. The maximum absolute atomic E-state index is 14.8. The minimum absolute atomic E-state index is 0.0225. The first-order chi connectivity index (χ1) is 26.6. The fraction of sp³-hybridized carbons (Fsp3) is 0.585. The lowest BCUT2D eigenvalue weighted by atomic mass is 9.83. The molecule has 0 radical (unpaired) electrons. The molecule has 55 heavy (non-hydrogen) atoms. The zero-order valence-corrected chi connectivity index (χ0v) is 32.2. The van der Waals surface area contributed by atoms with Gasteiger partial charge in [0.2, 0.25) is 27.7 Å². The van der Waals surface area contributed by atoms with Crippen LogP contribution in [-0.2, 0) is 29.1 Å². The molecule has 14 heteroatoms. The van der Waals surface area contributed by atoms with Gasteiger partial charge in [-0.05, 0) is 80.4 Å². The molecule has 5 atom stereocenters. The molecule has 2 aliphatic heterocycles. The number of hydrogen-bond acceptors (Lipinski definition) is 9. The molecule has 5 aliphatic rings. The molecular formula is C41H53N5O8S. The quantitative estimate of drug-likeness (QED) is 0.316. The van der Waals surface area contributed by atoms with Gasteiger partial charge in [-0.3, -0.25) is 19.1 Å². The van der Waals surface area contributed by atoms with Crippen LogP contribution in [0.15, 0.2) is 49.2 Å². The van der Waals surface area contributed by atoms with Crippen molar-refractivity contribution < 1.29 is 37.1 Å². The molecule has 13 nitrogen and oxygen atoms in total. The highest BCUT2D eigenvalue weighted by atomic mass is 32.2. The molecule has 1 aromatic heterocycles. The largest absolute Gasteiger partial charge is 0.472 e. The number of carbonyl (C=O) groups excluding carboxylic acids is 4. The number of ether oxygens (including phenoxy) is 2. The monoisotopic (exact) mass is 775 g/mol. The van der Waals surface area contributed by atoms with Gasteiger partial charge in [0.25, 0.3) is 5.91 Å². The smallest absolute Gasteiger partial charge is 0.407 e. The zero-order valence-electron chi connectivity index (χ0n) is 31.4. The van der Waals surface area contributed by atoms with Crippen LogP contribution in [0.3, 0.4) is 0 Å². The number of nitrogens with zero attached hydrogens (tertiary/aromatic N) is 2. The minimum atomic E-state index is -3.89. The first-order valence-corrected chi connectivity index (χ1v) is 21.6. The van der Waals surface area contributed by atoms with Crippen LogP contribution in [0, 0.1) is 11.8 Å². The number of fused-ring (bicyclic) bond motifs is 3. The number of benzene rings is 1. The first kappa shape index (κ1) is 38.8. The van der Waals surface area contributed by atoms with E-state index in [4.69, 9.17) is 9.47 Å². The second-order valence-corrected chi connectivity index (χ2v) is 17.8. The van der Waals surface area contributed by atoms with Crippen molar-refractivity contribution >= 4 is 50.7 Å². The summed E-state index contributed by atoms with van der Waals surface area (Å²) < 4.78 is 39.8. The predicted molar refractivity (Wildman–Crippen MR) is 207 cm³/mol. The van der Waals surface area contributed by atoms with Gasteiger partial charge in [-0.1, -0.05) is 68.9 Å². The van der Waals surface area contributed by atoms with Gasteiger partial charge in [0.15, 0.2) is 0 Å². The lowest BCUT2D eigenvalue weighted by molar-refractivity contribution is -0.142. The topological polar surface area (TPSA) is 173 Å². The summed E-state index contributed by atoms with van der Waals surface area (Å²) in [6, 6.07) is 5.96. The fourth-order valence-electron chi connectivity index (χ4n) is 8.38. The number of pyridine rings is 1. The average molecular weight is 776 g/mol. The van der Waals surface area contributed by atoms with Crippen molar-refractivity contribution in [2.75, 3.05) is 13.2 Å². The van der Waals surface area contributed by atoms with E-state index in [1.54, 1.807) is 6.20 Å². The van der Waals surface area contributed by atoms with Crippen molar-refractivity contribution in [3.05, 3.63) is 54.8 Å². The standard InChI is InChI=1S/C41H53N5O8S/c1-2-30-25-41(30,39(49)45-55(51,52)32-18-19-32)44-36(47)34-24-31-26-46(34)38(48)35(29-14-10-8-11-15-29)43-40(50)53-22-12-7-5-3-4-6-9-13-27-16-17-28-20-21-42-37(54-31)33(28)23-27/h2,9,13,16-17,20-21,23,29-32,34-35H,1,3-8,10-12,14-15,18-19,22,24-26H2,(H,43,50)(H,44,47)(H,45,49)/b13-9-. The molecule has 3 N–H and O–H groups in total. The third-order valence-electron chi connectivity index (χ3n) is 11.8. The zero-order chi connectivity index (χ0) is 38.6. The van der Waals surface area contributed by atoms with Crippen LogP contribution in [0.2, 0.25) is 0 Å². The molecule has 3 aliphatic carbocycles. The van der Waals surface area contributed by atoms with Gasteiger partial charge in [0.05, 0.1) is 18.4 Å². The van der Waals surface area contributed by atoms with Crippen LogP contribution in [-0.4, -0.2) is 84.2 Å². The van der Waals surface area contributed by atoms with Crippen LogP contribution in [0.25, 0.3) is 16.8 Å². The second-order valence-electron chi connectivity index (χ2n) is 15.9. The highest BCUT2D eigenvalue weighted by Gasteiger charge is 2.62. The molecule has 1 aromatic carbocycles. The van der Waals surface area contributed by atoms with Gasteiger partial charge < -0.3 is 25.0 Å². The van der Waals surface area contributed by atoms with Crippen LogP contribution in [0.4, 0.5) is 4.79 Å². The Bertz CT molecular complexity index is 1930. The van der Waals surface area contributed by atoms with E-state index in [0.717, 1.165) is 87.0 Å². The van der Waals surface area contributed by atoms with E-state index in [9.17, 15) is 27.6 Å². The summed E-state index contributed by atoms with van der Waals surface area (Å²) in [5.74, 6) is -2.15. The van der Waals surface area contributed by atoms with Gasteiger partial charge in [0, 0.05) is 23.9 Å². The van der Waals surface area contributed by atoms with Crippen LogP contribution < -0.4 is 20.1 Å². The maximum Gasteiger partial charge on any atom is 0.407 e. The van der Waals surface area contributed by atoms with E-state index in [0.29, 0.717) is 18.7 Å². The number of nitrogens with one attached hydrogen (secondary N) is 3. The van der Waals surface area contributed by atoms with Crippen LogP contribution >= 0.6 is 0 Å². The Labute approximate surface area is 323 Å². The van der Waals surface area contributed by atoms with Crippen LogP contribution in [0.1, 0.15) is 102 Å². The third-order valence-corrected chi connectivity index (χ3v) is 13.7. The molecule has 296 valence electrons. The highest BCUT2D eigenvalue weighted by molar-refractivity contribution is 7.91. The summed E-state index contributed by atoms with van der Waals surface area (Å²) in [7, 11) is -3.89. The average Bonchev–Trinajstić information content (AvgIpc) is 4.11. The molecule has 1 saturated heterocycles. The Kier molecular flexibility index (Phi) is 11.8. The summed E-state index contributed by atoms with van der Waals surface area (Å²) in [4.78, 5) is 62.0. The Morgan fingerprint density at radius 1 is 1.00 bits per heavy atom. The second kappa shape index (κ2) is 16.7. The molecule has 3 saturated carbocycles. The molecule has 0 spiro atoms. The number of aromatic nitrogens is 1. The number of sulfonamides is 1. The Morgan fingerprint density at radius 2 is 1.76 bits per heavy atom. The molecule has 4 bridgehead atoms. The Hall–Kier alpha value is -4.46. The predicted octanol–water partition coefficient (Wildman–Crippen LogP) is 5.29. The Morgan fingerprint density at radius 3 is 2.53 bits per heavy atom. The summed E-state index contributed by atoms with van der Waals surface area (Å²) >= 11 is 0. The molecule has 3 heterocycles. The summed E-state index contributed by atoms with van der Waals surface area (Å²) in [6.07, 6.45) is 17.4. The van der Waals surface area contributed by atoms with Gasteiger partial charge in [-0.25, -0.2) is 18.2 Å². The van der Waals surface area contributed by atoms with Gasteiger partial charge >= 0.3 is 6.09 Å². The summed E-state index contributed by atoms with van der Waals surface area (Å²) in [5, 5.41) is 6.83. The number of rotatable bonds is 7. The summed E-state index contributed by atoms with van der Waals surface area (Å²) in [5.41, 5.74) is -0.522. The van der Waals surface area contributed by atoms with E-state index in [1.165, 1.54) is 11.0 Å². The van der Waals surface area contributed by atoms with Crippen molar-refractivity contribution in [2.24, 2.45) is 11.8 Å². The fourth-order valence-corrected chi connectivity index (χ4v) is 9.75. The van der Waals surface area contributed by atoms with E-state index in [2.05, 4.69) is 39.1 Å². The number of cyclic esters (lactones) is 1. The van der Waals surface area contributed by atoms with E-state index in [1.807, 2.05) is 24.3 Å². The molecule has 2 aromatic rings. The number of amides is 4. The molecular weight excluding hydrogens is 723 g/mol. The SMILES string of the molecule is C=CC1CC1(NC(=O)C1CC2CN1C(=O)C(C1CCCCC1)NC(=O)OCCCCCCC/C=C\c1ccc3ccnc(c3c1)O2)C(=O)NS(=O)(=O)C1CC1. The number of carbonyl (C=O) groups is 4. The number of hydrogen-bond donors (Lipinski definition) is 3. The van der Waals surface area contributed by atoms with Crippen molar-refractivity contribution in [1.29, 1.82) is 0 Å². The maximum atomic E-state index is 14.8. The lowest BCUT2D eigenvalue weighted by Gasteiger charge is -2.34. The number of allylic oxidation sites excluding steroid dienone is 1. The minimum Gasteiger partial charge on any atom is -0.472 e. The van der Waals surface area contributed by atoms with Gasteiger partial charge in [0.1, 0.15) is 23.7 Å². The van der Waals surface area contributed by atoms with Crippen molar-refractivity contribution in [3.63, 3.8) is 0 Å². The van der Waals surface area contributed by atoms with E-state index < -0.39 is 68.7 Å². The van der Waals surface area contributed by atoms with Crippen molar-refractivity contribution in [1.82, 2.24) is 25.2 Å². The van der Waals surface area contributed by atoms with Crippen molar-refractivity contribution in [2.45, 2.75) is 125 Å². The van der Waals surface area contributed by atoms with Gasteiger partial charge in [-0.2, -0.15) is 0 Å².